The minimum absolute atomic E-state index is 0.245. The molecule has 2 rings (SSSR count). The molecule has 20 heavy (non-hydrogen) atoms. The van der Waals surface area contributed by atoms with Crippen molar-refractivity contribution in [2.24, 2.45) is 0 Å². The van der Waals surface area contributed by atoms with Gasteiger partial charge in [0.05, 0.1) is 19.8 Å². The second kappa shape index (κ2) is 6.93. The Labute approximate surface area is 118 Å². The van der Waals surface area contributed by atoms with Crippen LogP contribution in [0.1, 0.15) is 0 Å². The molecular formula is C16H19NO3. The Balaban J connectivity index is 2.12. The van der Waals surface area contributed by atoms with Gasteiger partial charge in [0.2, 0.25) is 0 Å². The highest BCUT2D eigenvalue weighted by molar-refractivity contribution is 5.68. The van der Waals surface area contributed by atoms with Crippen LogP contribution in [0.2, 0.25) is 0 Å². The molecule has 1 unspecified atom stereocenters. The predicted octanol–water partition coefficient (Wildman–Crippen LogP) is 2.13. The number of nitrogens with one attached hydrogen (secondary N) is 1. The average molecular weight is 273 g/mol. The second-order valence-electron chi connectivity index (χ2n) is 4.53. The highest BCUT2D eigenvalue weighted by Crippen LogP contribution is 2.24. The zero-order valence-corrected chi connectivity index (χ0v) is 11.4. The molecule has 0 saturated heterocycles. The van der Waals surface area contributed by atoms with E-state index in [-0.39, 0.29) is 6.61 Å². The topological polar surface area (TPSA) is 61.7 Å². The maximum atomic E-state index is 9.34. The van der Waals surface area contributed by atoms with Gasteiger partial charge in [0.15, 0.2) is 0 Å². The molecular weight excluding hydrogens is 254 g/mol. The summed E-state index contributed by atoms with van der Waals surface area (Å²) >= 11 is 0. The molecule has 4 heteroatoms. The van der Waals surface area contributed by atoms with E-state index < -0.39 is 6.10 Å². The van der Waals surface area contributed by atoms with Crippen molar-refractivity contribution < 1.29 is 14.9 Å². The first-order chi connectivity index (χ1) is 9.72. The number of aliphatic hydroxyl groups is 2. The second-order valence-corrected chi connectivity index (χ2v) is 4.53. The maximum Gasteiger partial charge on any atom is 0.118 e. The Morgan fingerprint density at radius 2 is 1.85 bits per heavy atom. The Bertz CT molecular complexity index is 540. The lowest BCUT2D eigenvalue weighted by atomic mass is 10.0. The number of aliphatic hydroxyl groups excluding tert-OH is 2. The summed E-state index contributed by atoms with van der Waals surface area (Å²) in [5.41, 5.74) is 3.08. The van der Waals surface area contributed by atoms with Crippen LogP contribution in [0.4, 0.5) is 5.69 Å². The lowest BCUT2D eigenvalue weighted by molar-refractivity contribution is 0.105. The van der Waals surface area contributed by atoms with Crippen LogP contribution >= 0.6 is 0 Å². The monoisotopic (exact) mass is 273 g/mol. The molecule has 0 aromatic heterocycles. The van der Waals surface area contributed by atoms with E-state index in [0.717, 1.165) is 22.6 Å². The molecule has 0 heterocycles. The number of anilines is 1. The summed E-state index contributed by atoms with van der Waals surface area (Å²) in [4.78, 5) is 0. The molecule has 2 aromatic rings. The highest BCUT2D eigenvalue weighted by Gasteiger charge is 2.03. The van der Waals surface area contributed by atoms with Crippen LogP contribution in [-0.4, -0.2) is 36.6 Å². The zero-order valence-electron chi connectivity index (χ0n) is 11.4. The van der Waals surface area contributed by atoms with Gasteiger partial charge in [-0.25, -0.2) is 0 Å². The number of methoxy groups -OCH3 is 1. The molecule has 0 aliphatic heterocycles. The summed E-state index contributed by atoms with van der Waals surface area (Å²) in [6.07, 6.45) is -0.750. The number of hydrogen-bond donors (Lipinski definition) is 3. The SMILES string of the molecule is COc1ccc(-c2cccc(NCC(O)CO)c2)cc1. The van der Waals surface area contributed by atoms with E-state index in [0.29, 0.717) is 6.54 Å². The summed E-state index contributed by atoms with van der Waals surface area (Å²) in [6, 6.07) is 15.8. The number of hydrogen-bond acceptors (Lipinski definition) is 4. The molecule has 2 aromatic carbocycles. The predicted molar refractivity (Wildman–Crippen MR) is 80.0 cm³/mol. The molecule has 0 radical (unpaired) electrons. The molecule has 0 fully saturated rings. The Morgan fingerprint density at radius 1 is 1.10 bits per heavy atom. The largest absolute Gasteiger partial charge is 0.497 e. The van der Waals surface area contributed by atoms with E-state index in [2.05, 4.69) is 5.32 Å². The van der Waals surface area contributed by atoms with Gasteiger partial charge >= 0.3 is 0 Å². The van der Waals surface area contributed by atoms with Crippen LogP contribution < -0.4 is 10.1 Å². The van der Waals surface area contributed by atoms with Crippen molar-refractivity contribution in [3.63, 3.8) is 0 Å². The normalized spacial score (nSPS) is 11.9. The minimum atomic E-state index is -0.750. The van der Waals surface area contributed by atoms with E-state index in [4.69, 9.17) is 9.84 Å². The van der Waals surface area contributed by atoms with E-state index >= 15 is 0 Å². The minimum Gasteiger partial charge on any atom is -0.497 e. The van der Waals surface area contributed by atoms with Crippen LogP contribution in [0.5, 0.6) is 5.75 Å². The molecule has 106 valence electrons. The van der Waals surface area contributed by atoms with Gasteiger partial charge in [0.25, 0.3) is 0 Å². The third-order valence-corrected chi connectivity index (χ3v) is 3.04. The quantitative estimate of drug-likeness (QED) is 0.754. The summed E-state index contributed by atoms with van der Waals surface area (Å²) in [5, 5.41) is 21.2. The van der Waals surface area contributed by atoms with Gasteiger partial charge in [0.1, 0.15) is 5.75 Å². The standard InChI is InChI=1S/C16H19NO3/c1-20-16-7-5-12(6-8-16)13-3-2-4-14(9-13)17-10-15(19)11-18/h2-9,15,17-19H,10-11H2,1H3. The fourth-order valence-corrected chi connectivity index (χ4v) is 1.89. The van der Waals surface area contributed by atoms with Crippen LogP contribution in [0.25, 0.3) is 11.1 Å². The van der Waals surface area contributed by atoms with E-state index in [1.807, 2.05) is 48.5 Å². The fraction of sp³-hybridized carbons (Fsp3) is 0.250. The van der Waals surface area contributed by atoms with Gasteiger partial charge in [-0.05, 0) is 35.4 Å². The molecule has 0 spiro atoms. The molecule has 0 bridgehead atoms. The summed E-state index contributed by atoms with van der Waals surface area (Å²) in [6.45, 7) is 0.0771. The first-order valence-electron chi connectivity index (χ1n) is 6.50. The Kier molecular flexibility index (Phi) is 4.98. The summed E-state index contributed by atoms with van der Waals surface area (Å²) in [7, 11) is 1.64. The zero-order chi connectivity index (χ0) is 14.4. The molecule has 4 nitrogen and oxygen atoms in total. The third-order valence-electron chi connectivity index (χ3n) is 3.04. The van der Waals surface area contributed by atoms with E-state index in [1.54, 1.807) is 7.11 Å². The van der Waals surface area contributed by atoms with Crippen molar-refractivity contribution >= 4 is 5.69 Å². The van der Waals surface area contributed by atoms with Gasteiger partial charge in [-0.1, -0.05) is 24.3 Å². The van der Waals surface area contributed by atoms with Crippen LogP contribution in [0.3, 0.4) is 0 Å². The van der Waals surface area contributed by atoms with Crippen LogP contribution in [0.15, 0.2) is 48.5 Å². The van der Waals surface area contributed by atoms with E-state index in [9.17, 15) is 5.11 Å². The highest BCUT2D eigenvalue weighted by atomic mass is 16.5. The van der Waals surface area contributed by atoms with Crippen molar-refractivity contribution in [3.8, 4) is 16.9 Å². The van der Waals surface area contributed by atoms with Crippen molar-refractivity contribution in [2.45, 2.75) is 6.10 Å². The molecule has 0 aliphatic rings. The van der Waals surface area contributed by atoms with Gasteiger partial charge in [0, 0.05) is 12.2 Å². The fourth-order valence-electron chi connectivity index (χ4n) is 1.89. The molecule has 0 saturated carbocycles. The lowest BCUT2D eigenvalue weighted by Gasteiger charge is -2.11. The van der Waals surface area contributed by atoms with Crippen LogP contribution in [0, 0.1) is 0 Å². The molecule has 0 amide bonds. The van der Waals surface area contributed by atoms with Crippen LogP contribution in [-0.2, 0) is 0 Å². The molecule has 0 aliphatic carbocycles. The molecule has 3 N–H and O–H groups in total. The smallest absolute Gasteiger partial charge is 0.118 e. The van der Waals surface area contributed by atoms with Crippen molar-refractivity contribution in [1.82, 2.24) is 0 Å². The van der Waals surface area contributed by atoms with Gasteiger partial charge in [-0.15, -0.1) is 0 Å². The van der Waals surface area contributed by atoms with Crippen molar-refractivity contribution in [1.29, 1.82) is 0 Å². The first kappa shape index (κ1) is 14.4. The number of benzene rings is 2. The van der Waals surface area contributed by atoms with Gasteiger partial charge < -0.3 is 20.3 Å². The van der Waals surface area contributed by atoms with Gasteiger partial charge in [-0.3, -0.25) is 0 Å². The van der Waals surface area contributed by atoms with Crippen molar-refractivity contribution in [2.75, 3.05) is 25.6 Å². The Hall–Kier alpha value is -2.04. The van der Waals surface area contributed by atoms with E-state index in [1.165, 1.54) is 0 Å². The number of ether oxygens (including phenoxy) is 1. The first-order valence-corrected chi connectivity index (χ1v) is 6.50. The Morgan fingerprint density at radius 3 is 2.50 bits per heavy atom. The van der Waals surface area contributed by atoms with Crippen molar-refractivity contribution in [3.05, 3.63) is 48.5 Å². The summed E-state index contributed by atoms with van der Waals surface area (Å²) in [5.74, 6) is 0.828. The third kappa shape index (κ3) is 3.73. The molecule has 1 atom stereocenters. The summed E-state index contributed by atoms with van der Waals surface area (Å²) < 4.78 is 5.14. The van der Waals surface area contributed by atoms with Gasteiger partial charge in [-0.2, -0.15) is 0 Å². The maximum absolute atomic E-state index is 9.34. The lowest BCUT2D eigenvalue weighted by Crippen LogP contribution is -2.22. The average Bonchev–Trinajstić information content (AvgIpc) is 2.53. The number of rotatable bonds is 6.